The number of aromatic nitrogens is 1. The van der Waals surface area contributed by atoms with Gasteiger partial charge in [-0.05, 0) is 61.9 Å². The number of halogens is 3. The fourth-order valence-electron chi connectivity index (χ4n) is 3.91. The fourth-order valence-corrected chi connectivity index (χ4v) is 3.91. The van der Waals surface area contributed by atoms with Gasteiger partial charge in [0.05, 0.1) is 11.2 Å². The number of alkyl halides is 3. The molecule has 0 bridgehead atoms. The van der Waals surface area contributed by atoms with Crippen molar-refractivity contribution in [3.05, 3.63) is 60.3 Å². The molecule has 0 spiro atoms. The Hall–Kier alpha value is -3.82. The monoisotopic (exact) mass is 472 g/mol. The molecule has 0 radical (unpaired) electrons. The lowest BCUT2D eigenvalue weighted by Gasteiger charge is -2.28. The number of carbonyl (C=O) groups is 2. The van der Waals surface area contributed by atoms with Crippen molar-refractivity contribution in [3.63, 3.8) is 0 Å². The first kappa shape index (κ1) is 23.3. The average Bonchev–Trinajstić information content (AvgIpc) is 2.92. The smallest absolute Gasteiger partial charge is 0.406 e. The second-order valence-electron chi connectivity index (χ2n) is 8.68. The summed E-state index contributed by atoms with van der Waals surface area (Å²) in [7, 11) is 3.86. The Kier molecular flexibility index (Phi) is 5.63. The number of pyridine rings is 1. The highest BCUT2D eigenvalue weighted by Crippen LogP contribution is 2.35. The molecule has 2 heterocycles. The molecule has 7 nitrogen and oxygen atoms in total. The van der Waals surface area contributed by atoms with Crippen molar-refractivity contribution in [2.24, 2.45) is 0 Å². The predicted molar refractivity (Wildman–Crippen MR) is 122 cm³/mol. The number of amides is 3. The quantitative estimate of drug-likeness (QED) is 0.492. The van der Waals surface area contributed by atoms with Gasteiger partial charge in [-0.1, -0.05) is 6.07 Å². The maximum absolute atomic E-state index is 13.3. The summed E-state index contributed by atoms with van der Waals surface area (Å²) in [6.45, 7) is 3.44. The van der Waals surface area contributed by atoms with E-state index in [2.05, 4.69) is 9.72 Å². The second kappa shape index (κ2) is 8.19. The van der Waals surface area contributed by atoms with Crippen molar-refractivity contribution in [3.8, 4) is 5.75 Å². The number of hydrogen-bond donors (Lipinski definition) is 0. The highest BCUT2D eigenvalue weighted by molar-refractivity contribution is 6.23. The third kappa shape index (κ3) is 4.23. The summed E-state index contributed by atoms with van der Waals surface area (Å²) in [6, 6.07) is 11.7. The molecule has 10 heteroatoms. The van der Waals surface area contributed by atoms with Gasteiger partial charge in [0.1, 0.15) is 11.3 Å². The molecule has 34 heavy (non-hydrogen) atoms. The first-order chi connectivity index (χ1) is 15.9. The van der Waals surface area contributed by atoms with Gasteiger partial charge in [0.2, 0.25) is 0 Å². The van der Waals surface area contributed by atoms with E-state index in [1.54, 1.807) is 26.1 Å². The molecule has 1 aromatic heterocycles. The standard InChI is InChI=1S/C24H23F3N4O3/c1-23(2)21(32)31(16-5-8-18(9-6-16)34-24(25,26)27)22(33)30(23)14-15-11-12-28-20-13-17(29(3)4)7-10-19(15)20/h5-13H,14H2,1-4H3. The third-order valence-electron chi connectivity index (χ3n) is 5.81. The summed E-state index contributed by atoms with van der Waals surface area (Å²) in [5.74, 6) is -0.915. The summed E-state index contributed by atoms with van der Waals surface area (Å²) >= 11 is 0. The van der Waals surface area contributed by atoms with Crippen LogP contribution in [0.25, 0.3) is 10.9 Å². The number of rotatable bonds is 5. The first-order valence-electron chi connectivity index (χ1n) is 10.5. The van der Waals surface area contributed by atoms with Gasteiger partial charge < -0.3 is 14.5 Å². The number of urea groups is 1. The van der Waals surface area contributed by atoms with Gasteiger partial charge in [0, 0.05) is 37.9 Å². The van der Waals surface area contributed by atoms with Gasteiger partial charge in [-0.2, -0.15) is 0 Å². The molecule has 0 saturated carbocycles. The van der Waals surface area contributed by atoms with E-state index < -0.39 is 29.6 Å². The van der Waals surface area contributed by atoms with E-state index in [0.717, 1.165) is 39.2 Å². The Labute approximate surface area is 194 Å². The van der Waals surface area contributed by atoms with Crippen LogP contribution in [0.1, 0.15) is 19.4 Å². The Morgan fingerprint density at radius 1 is 1.03 bits per heavy atom. The van der Waals surface area contributed by atoms with Crippen LogP contribution in [0.5, 0.6) is 5.75 Å². The Bertz CT molecular complexity index is 1260. The van der Waals surface area contributed by atoms with Crippen molar-refractivity contribution in [2.45, 2.75) is 32.3 Å². The van der Waals surface area contributed by atoms with E-state index in [0.29, 0.717) is 0 Å². The van der Waals surface area contributed by atoms with E-state index in [4.69, 9.17) is 0 Å². The minimum atomic E-state index is -4.83. The van der Waals surface area contributed by atoms with Crippen LogP contribution in [0, 0.1) is 0 Å². The lowest BCUT2D eigenvalue weighted by Crippen LogP contribution is -2.43. The van der Waals surface area contributed by atoms with Gasteiger partial charge in [-0.3, -0.25) is 9.78 Å². The largest absolute Gasteiger partial charge is 0.573 e. The Morgan fingerprint density at radius 3 is 2.32 bits per heavy atom. The number of anilines is 2. The number of imide groups is 1. The van der Waals surface area contributed by atoms with Crippen molar-refractivity contribution < 1.29 is 27.5 Å². The number of ether oxygens (including phenoxy) is 1. The van der Waals surface area contributed by atoms with Crippen LogP contribution in [0.3, 0.4) is 0 Å². The molecule has 0 N–H and O–H groups in total. The van der Waals surface area contributed by atoms with E-state index in [9.17, 15) is 22.8 Å². The lowest BCUT2D eigenvalue weighted by atomic mass is 10.0. The van der Waals surface area contributed by atoms with E-state index in [1.807, 2.05) is 37.2 Å². The van der Waals surface area contributed by atoms with Crippen molar-refractivity contribution in [2.75, 3.05) is 23.9 Å². The minimum absolute atomic E-state index is 0.156. The van der Waals surface area contributed by atoms with Crippen LogP contribution in [0.2, 0.25) is 0 Å². The molecule has 3 aromatic rings. The molecule has 178 valence electrons. The first-order valence-corrected chi connectivity index (χ1v) is 10.5. The molecular weight excluding hydrogens is 449 g/mol. The topological polar surface area (TPSA) is 66.0 Å². The average molecular weight is 472 g/mol. The zero-order valence-electron chi connectivity index (χ0n) is 19.1. The molecule has 1 saturated heterocycles. The lowest BCUT2D eigenvalue weighted by molar-refractivity contribution is -0.274. The van der Waals surface area contributed by atoms with Crippen LogP contribution in [0.15, 0.2) is 54.7 Å². The molecule has 3 amide bonds. The van der Waals surface area contributed by atoms with Crippen molar-refractivity contribution in [1.29, 1.82) is 0 Å². The van der Waals surface area contributed by atoms with Gasteiger partial charge in [-0.15, -0.1) is 13.2 Å². The summed E-state index contributed by atoms with van der Waals surface area (Å²) in [4.78, 5) is 35.3. The second-order valence-corrected chi connectivity index (χ2v) is 8.68. The van der Waals surface area contributed by atoms with Crippen LogP contribution in [0.4, 0.5) is 29.3 Å². The SMILES string of the molecule is CN(C)c1ccc2c(CN3C(=O)N(c4ccc(OC(F)(F)F)cc4)C(=O)C3(C)C)ccnc2c1. The zero-order valence-corrected chi connectivity index (χ0v) is 19.1. The van der Waals surface area contributed by atoms with Gasteiger partial charge in [0.15, 0.2) is 0 Å². The zero-order chi connectivity index (χ0) is 24.8. The predicted octanol–water partition coefficient (Wildman–Crippen LogP) is 4.95. The van der Waals surface area contributed by atoms with Gasteiger partial charge in [-0.25, -0.2) is 9.69 Å². The highest BCUT2D eigenvalue weighted by Gasteiger charge is 2.51. The molecular formula is C24H23F3N4O3. The Morgan fingerprint density at radius 2 is 1.71 bits per heavy atom. The number of fused-ring (bicyclic) bond motifs is 1. The van der Waals surface area contributed by atoms with Crippen LogP contribution in [-0.2, 0) is 11.3 Å². The van der Waals surface area contributed by atoms with E-state index >= 15 is 0 Å². The van der Waals surface area contributed by atoms with Crippen LogP contribution in [-0.4, -0.2) is 47.8 Å². The molecule has 2 aromatic carbocycles. The van der Waals surface area contributed by atoms with Gasteiger partial charge in [0.25, 0.3) is 5.91 Å². The number of carbonyl (C=O) groups excluding carboxylic acids is 2. The normalized spacial score (nSPS) is 15.9. The van der Waals surface area contributed by atoms with Crippen molar-refractivity contribution in [1.82, 2.24) is 9.88 Å². The fraction of sp³-hybridized carbons (Fsp3) is 0.292. The Balaban J connectivity index is 1.64. The third-order valence-corrected chi connectivity index (χ3v) is 5.81. The summed E-state index contributed by atoms with van der Waals surface area (Å²) in [5, 5.41) is 0.858. The summed E-state index contributed by atoms with van der Waals surface area (Å²) in [5.41, 5.74) is 1.55. The highest BCUT2D eigenvalue weighted by atomic mass is 19.4. The number of hydrogen-bond acceptors (Lipinski definition) is 5. The van der Waals surface area contributed by atoms with Crippen LogP contribution < -0.4 is 14.5 Å². The molecule has 0 aliphatic carbocycles. The van der Waals surface area contributed by atoms with Crippen LogP contribution >= 0.6 is 0 Å². The number of nitrogens with zero attached hydrogens (tertiary/aromatic N) is 4. The van der Waals surface area contributed by atoms with E-state index in [-0.39, 0.29) is 12.2 Å². The minimum Gasteiger partial charge on any atom is -0.406 e. The van der Waals surface area contributed by atoms with Gasteiger partial charge >= 0.3 is 12.4 Å². The maximum atomic E-state index is 13.3. The maximum Gasteiger partial charge on any atom is 0.573 e. The molecule has 4 rings (SSSR count). The number of benzene rings is 2. The van der Waals surface area contributed by atoms with E-state index in [1.165, 1.54) is 17.0 Å². The molecule has 0 atom stereocenters. The molecule has 0 unspecified atom stereocenters. The van der Waals surface area contributed by atoms with Crippen molar-refractivity contribution >= 4 is 34.2 Å². The molecule has 1 aliphatic heterocycles. The summed E-state index contributed by atoms with van der Waals surface area (Å²) in [6.07, 6.45) is -3.18. The molecule has 1 fully saturated rings. The summed E-state index contributed by atoms with van der Waals surface area (Å²) < 4.78 is 41.2. The molecule has 1 aliphatic rings.